The van der Waals surface area contributed by atoms with Crippen LogP contribution in [0.3, 0.4) is 0 Å². The SMILES string of the molecule is O=c1n(CCCCCCCCCBr)nc2cnccn12. The van der Waals surface area contributed by atoms with E-state index < -0.39 is 0 Å². The normalized spacial score (nSPS) is 11.2. The Morgan fingerprint density at radius 2 is 1.75 bits per heavy atom. The molecule has 0 atom stereocenters. The summed E-state index contributed by atoms with van der Waals surface area (Å²) in [6.07, 6.45) is 13.5. The van der Waals surface area contributed by atoms with Crippen LogP contribution in [-0.2, 0) is 6.54 Å². The first-order valence-corrected chi connectivity index (χ1v) is 8.40. The third-order valence-electron chi connectivity index (χ3n) is 3.39. The van der Waals surface area contributed by atoms with E-state index in [9.17, 15) is 4.79 Å². The highest BCUT2D eigenvalue weighted by Crippen LogP contribution is 2.08. The first kappa shape index (κ1) is 15.2. The van der Waals surface area contributed by atoms with E-state index in [1.165, 1.54) is 36.5 Å². The molecular formula is C14H21BrN4O. The molecule has 0 aromatic carbocycles. The first-order valence-electron chi connectivity index (χ1n) is 7.28. The molecule has 0 amide bonds. The van der Waals surface area contributed by atoms with Gasteiger partial charge in [-0.05, 0) is 12.8 Å². The van der Waals surface area contributed by atoms with Crippen LogP contribution in [0.15, 0.2) is 23.4 Å². The quantitative estimate of drug-likeness (QED) is 0.520. The van der Waals surface area contributed by atoms with E-state index in [1.54, 1.807) is 23.3 Å². The Kier molecular flexibility index (Phi) is 6.24. The molecule has 2 heterocycles. The second-order valence-corrected chi connectivity index (χ2v) is 5.77. The van der Waals surface area contributed by atoms with Crippen molar-refractivity contribution >= 4 is 21.6 Å². The van der Waals surface area contributed by atoms with Crippen molar-refractivity contribution in [2.75, 3.05) is 5.33 Å². The number of rotatable bonds is 9. The van der Waals surface area contributed by atoms with Gasteiger partial charge in [0.1, 0.15) is 0 Å². The Morgan fingerprint density at radius 1 is 1.05 bits per heavy atom. The molecule has 0 spiro atoms. The highest BCUT2D eigenvalue weighted by Gasteiger charge is 2.05. The predicted molar refractivity (Wildman–Crippen MR) is 83.4 cm³/mol. The third kappa shape index (κ3) is 4.16. The standard InChI is InChI=1S/C14H21BrN4O/c15-8-6-4-2-1-3-5-7-10-19-14(20)18-11-9-16-12-13(18)17-19/h9,11-12H,1-8,10H2. The number of aryl methyl sites for hydroxylation is 1. The lowest BCUT2D eigenvalue weighted by atomic mass is 10.1. The first-order chi connectivity index (χ1) is 9.83. The number of alkyl halides is 1. The molecule has 20 heavy (non-hydrogen) atoms. The minimum atomic E-state index is -0.0697. The Bertz CT molecular complexity index is 578. The van der Waals surface area contributed by atoms with Crippen LogP contribution in [0.5, 0.6) is 0 Å². The Balaban J connectivity index is 1.71. The van der Waals surface area contributed by atoms with E-state index >= 15 is 0 Å². The van der Waals surface area contributed by atoms with Crippen molar-refractivity contribution in [2.45, 2.75) is 51.5 Å². The molecule has 0 aliphatic heterocycles. The molecule has 0 saturated carbocycles. The van der Waals surface area contributed by atoms with Crippen LogP contribution >= 0.6 is 15.9 Å². The smallest absolute Gasteiger partial charge is 0.259 e. The molecule has 0 N–H and O–H groups in total. The van der Waals surface area contributed by atoms with E-state index in [-0.39, 0.29) is 5.69 Å². The number of halogens is 1. The fourth-order valence-corrected chi connectivity index (χ4v) is 2.66. The molecule has 0 fully saturated rings. The van der Waals surface area contributed by atoms with Gasteiger partial charge in [-0.25, -0.2) is 13.9 Å². The molecule has 6 heteroatoms. The van der Waals surface area contributed by atoms with Crippen molar-refractivity contribution in [1.82, 2.24) is 19.2 Å². The van der Waals surface area contributed by atoms with Crippen LogP contribution in [-0.4, -0.2) is 24.5 Å². The van der Waals surface area contributed by atoms with Crippen LogP contribution < -0.4 is 5.69 Å². The summed E-state index contributed by atoms with van der Waals surface area (Å²) in [5, 5.41) is 5.38. The van der Waals surface area contributed by atoms with Gasteiger partial charge in [0.15, 0.2) is 5.65 Å². The lowest BCUT2D eigenvalue weighted by Crippen LogP contribution is -2.21. The summed E-state index contributed by atoms with van der Waals surface area (Å²) >= 11 is 3.44. The minimum absolute atomic E-state index is 0.0697. The van der Waals surface area contributed by atoms with Crippen molar-refractivity contribution in [3.05, 3.63) is 29.1 Å². The third-order valence-corrected chi connectivity index (χ3v) is 3.95. The maximum Gasteiger partial charge on any atom is 0.350 e. The van der Waals surface area contributed by atoms with Gasteiger partial charge in [0, 0.05) is 24.3 Å². The molecule has 0 bridgehead atoms. The summed E-state index contributed by atoms with van der Waals surface area (Å²) in [4.78, 5) is 16.0. The van der Waals surface area contributed by atoms with Crippen LogP contribution in [0.25, 0.3) is 5.65 Å². The molecule has 2 aromatic heterocycles. The summed E-state index contributed by atoms with van der Waals surface area (Å²) in [5.74, 6) is 0. The summed E-state index contributed by atoms with van der Waals surface area (Å²) in [7, 11) is 0. The Labute approximate surface area is 127 Å². The summed E-state index contributed by atoms with van der Waals surface area (Å²) in [6.45, 7) is 0.696. The molecule has 0 aliphatic carbocycles. The zero-order valence-electron chi connectivity index (χ0n) is 11.7. The van der Waals surface area contributed by atoms with E-state index in [0.29, 0.717) is 12.2 Å². The Morgan fingerprint density at radius 3 is 2.45 bits per heavy atom. The highest BCUT2D eigenvalue weighted by molar-refractivity contribution is 9.09. The monoisotopic (exact) mass is 340 g/mol. The van der Waals surface area contributed by atoms with Gasteiger partial charge in [0.2, 0.25) is 0 Å². The van der Waals surface area contributed by atoms with E-state index in [0.717, 1.165) is 18.2 Å². The minimum Gasteiger partial charge on any atom is -0.259 e. The van der Waals surface area contributed by atoms with Gasteiger partial charge in [-0.2, -0.15) is 0 Å². The molecule has 0 radical (unpaired) electrons. The predicted octanol–water partition coefficient (Wildman–Crippen LogP) is 3.02. The van der Waals surface area contributed by atoms with Gasteiger partial charge in [0.05, 0.1) is 6.20 Å². The van der Waals surface area contributed by atoms with Gasteiger partial charge < -0.3 is 0 Å². The van der Waals surface area contributed by atoms with Gasteiger partial charge in [0.25, 0.3) is 0 Å². The van der Waals surface area contributed by atoms with Crippen LogP contribution in [0, 0.1) is 0 Å². The molecule has 2 rings (SSSR count). The van der Waals surface area contributed by atoms with Gasteiger partial charge in [-0.3, -0.25) is 4.98 Å². The van der Waals surface area contributed by atoms with E-state index in [2.05, 4.69) is 26.0 Å². The van der Waals surface area contributed by atoms with Gasteiger partial charge in [-0.1, -0.05) is 48.0 Å². The van der Waals surface area contributed by atoms with Gasteiger partial charge in [-0.15, -0.1) is 5.10 Å². The molecule has 0 unspecified atom stereocenters. The number of unbranched alkanes of at least 4 members (excludes halogenated alkanes) is 6. The number of hydrogen-bond acceptors (Lipinski definition) is 3. The number of hydrogen-bond donors (Lipinski definition) is 0. The zero-order valence-corrected chi connectivity index (χ0v) is 13.3. The largest absolute Gasteiger partial charge is 0.350 e. The second kappa shape index (κ2) is 8.19. The number of fused-ring (bicyclic) bond motifs is 1. The molecule has 0 aliphatic rings. The molecule has 110 valence electrons. The van der Waals surface area contributed by atoms with Crippen molar-refractivity contribution in [2.24, 2.45) is 0 Å². The zero-order chi connectivity index (χ0) is 14.2. The van der Waals surface area contributed by atoms with Crippen LogP contribution in [0.1, 0.15) is 44.9 Å². The van der Waals surface area contributed by atoms with Crippen LogP contribution in [0.4, 0.5) is 0 Å². The lowest BCUT2D eigenvalue weighted by Gasteiger charge is -2.01. The molecule has 5 nitrogen and oxygen atoms in total. The summed E-state index contributed by atoms with van der Waals surface area (Å²) in [5.41, 5.74) is 0.548. The summed E-state index contributed by atoms with van der Waals surface area (Å²) in [6, 6.07) is 0. The molecule has 0 saturated heterocycles. The summed E-state index contributed by atoms with van der Waals surface area (Å²) < 4.78 is 3.08. The van der Waals surface area contributed by atoms with Gasteiger partial charge >= 0.3 is 5.69 Å². The van der Waals surface area contributed by atoms with E-state index in [1.807, 2.05) is 0 Å². The number of nitrogens with zero attached hydrogens (tertiary/aromatic N) is 4. The maximum atomic E-state index is 12.0. The van der Waals surface area contributed by atoms with Crippen molar-refractivity contribution in [3.63, 3.8) is 0 Å². The fourth-order valence-electron chi connectivity index (χ4n) is 2.27. The topological polar surface area (TPSA) is 52.2 Å². The Hall–Kier alpha value is -1.17. The van der Waals surface area contributed by atoms with Crippen LogP contribution in [0.2, 0.25) is 0 Å². The average Bonchev–Trinajstić information content (AvgIpc) is 2.79. The van der Waals surface area contributed by atoms with E-state index in [4.69, 9.17) is 0 Å². The fraction of sp³-hybridized carbons (Fsp3) is 0.643. The maximum absolute atomic E-state index is 12.0. The van der Waals surface area contributed by atoms with Crippen molar-refractivity contribution in [1.29, 1.82) is 0 Å². The van der Waals surface area contributed by atoms with Crippen molar-refractivity contribution in [3.8, 4) is 0 Å². The average molecular weight is 341 g/mol. The molecule has 2 aromatic rings. The highest BCUT2D eigenvalue weighted by atomic mass is 79.9. The molecular weight excluding hydrogens is 320 g/mol. The lowest BCUT2D eigenvalue weighted by molar-refractivity contribution is 0.513. The second-order valence-electron chi connectivity index (χ2n) is 4.97. The number of aromatic nitrogens is 4. The van der Waals surface area contributed by atoms with Crippen molar-refractivity contribution < 1.29 is 0 Å².